The molecule has 0 spiro atoms. The molecule has 0 aliphatic carbocycles. The van der Waals surface area contributed by atoms with Crippen LogP contribution in [0.5, 0.6) is 0 Å². The normalized spacial score (nSPS) is 13.5. The number of methoxy groups -OCH3 is 1. The predicted molar refractivity (Wildman–Crippen MR) is 43.9 cm³/mol. The van der Waals surface area contributed by atoms with E-state index in [1.54, 1.807) is 7.11 Å². The van der Waals surface area contributed by atoms with Crippen molar-refractivity contribution in [3.63, 3.8) is 0 Å². The van der Waals surface area contributed by atoms with Crippen molar-refractivity contribution in [2.24, 2.45) is 11.7 Å². The monoisotopic (exact) mass is 145 g/mol. The molecule has 0 rings (SSSR count). The summed E-state index contributed by atoms with van der Waals surface area (Å²) in [6, 6.07) is 0. The first-order valence-corrected chi connectivity index (χ1v) is 4.04. The van der Waals surface area contributed by atoms with E-state index in [0.29, 0.717) is 5.92 Å². The van der Waals surface area contributed by atoms with E-state index in [1.165, 1.54) is 12.8 Å². The fraction of sp³-hybridized carbons (Fsp3) is 1.00. The maximum absolute atomic E-state index is 5.52. The molecule has 0 saturated heterocycles. The summed E-state index contributed by atoms with van der Waals surface area (Å²) in [6.07, 6.45) is 3.55. The van der Waals surface area contributed by atoms with Gasteiger partial charge in [0.1, 0.15) is 0 Å². The van der Waals surface area contributed by atoms with E-state index in [9.17, 15) is 0 Å². The van der Waals surface area contributed by atoms with Crippen LogP contribution in [0.15, 0.2) is 0 Å². The number of ether oxygens (including phenoxy) is 1. The topological polar surface area (TPSA) is 35.2 Å². The van der Waals surface area contributed by atoms with Crippen molar-refractivity contribution in [2.75, 3.05) is 20.3 Å². The molecule has 0 aliphatic heterocycles. The van der Waals surface area contributed by atoms with Gasteiger partial charge in [0.05, 0.1) is 0 Å². The molecular formula is C8H19NO. The number of nitrogens with two attached hydrogens (primary N) is 1. The molecule has 0 radical (unpaired) electrons. The van der Waals surface area contributed by atoms with Crippen molar-refractivity contribution >= 4 is 0 Å². The van der Waals surface area contributed by atoms with Gasteiger partial charge in [-0.2, -0.15) is 0 Å². The number of hydrogen-bond donors (Lipinski definition) is 1. The first-order valence-electron chi connectivity index (χ1n) is 4.04. The lowest BCUT2D eigenvalue weighted by molar-refractivity contribution is 0.186. The molecule has 10 heavy (non-hydrogen) atoms. The van der Waals surface area contributed by atoms with Gasteiger partial charge < -0.3 is 10.5 Å². The highest BCUT2D eigenvalue weighted by molar-refractivity contribution is 4.56. The molecule has 0 aromatic heterocycles. The smallest absolute Gasteiger partial charge is 0.0462 e. The molecule has 0 amide bonds. The summed E-state index contributed by atoms with van der Waals surface area (Å²) in [6.45, 7) is 3.88. The van der Waals surface area contributed by atoms with Gasteiger partial charge in [-0.3, -0.25) is 0 Å². The summed E-state index contributed by atoms with van der Waals surface area (Å²) in [7, 11) is 1.74. The third kappa shape index (κ3) is 4.77. The molecule has 2 nitrogen and oxygen atoms in total. The van der Waals surface area contributed by atoms with Crippen LogP contribution in [0.3, 0.4) is 0 Å². The fourth-order valence-electron chi connectivity index (χ4n) is 1.00. The Labute approximate surface area is 63.7 Å². The summed E-state index contributed by atoms with van der Waals surface area (Å²) in [5.74, 6) is 0.704. The molecule has 0 saturated carbocycles. The predicted octanol–water partition coefficient (Wildman–Crippen LogP) is 1.40. The molecule has 2 heteroatoms. The maximum Gasteiger partial charge on any atom is 0.0462 e. The Balaban J connectivity index is 3.09. The van der Waals surface area contributed by atoms with Crippen LogP contribution in [0, 0.1) is 5.92 Å². The van der Waals surface area contributed by atoms with Crippen LogP contribution < -0.4 is 5.73 Å². The van der Waals surface area contributed by atoms with E-state index in [4.69, 9.17) is 10.5 Å². The summed E-state index contributed by atoms with van der Waals surface area (Å²) >= 11 is 0. The Morgan fingerprint density at radius 3 is 2.60 bits per heavy atom. The molecule has 0 aromatic carbocycles. The SMILES string of the molecule is CCC(CN)CCCOC. The molecule has 0 bridgehead atoms. The highest BCUT2D eigenvalue weighted by Crippen LogP contribution is 2.08. The van der Waals surface area contributed by atoms with Gasteiger partial charge in [-0.05, 0) is 25.3 Å². The van der Waals surface area contributed by atoms with Gasteiger partial charge in [0, 0.05) is 13.7 Å². The lowest BCUT2D eigenvalue weighted by atomic mass is 10.0. The largest absolute Gasteiger partial charge is 0.385 e. The van der Waals surface area contributed by atoms with Gasteiger partial charge in [-0.1, -0.05) is 13.3 Å². The van der Waals surface area contributed by atoms with Gasteiger partial charge in [-0.25, -0.2) is 0 Å². The second kappa shape index (κ2) is 7.03. The Bertz CT molecular complexity index is 62.3. The van der Waals surface area contributed by atoms with Gasteiger partial charge >= 0.3 is 0 Å². The van der Waals surface area contributed by atoms with E-state index in [2.05, 4.69) is 6.92 Å². The minimum absolute atomic E-state index is 0.704. The summed E-state index contributed by atoms with van der Waals surface area (Å²) in [4.78, 5) is 0. The molecule has 1 unspecified atom stereocenters. The number of rotatable bonds is 6. The molecule has 1 atom stereocenters. The zero-order chi connectivity index (χ0) is 7.82. The van der Waals surface area contributed by atoms with Crippen LogP contribution in [0.1, 0.15) is 26.2 Å². The van der Waals surface area contributed by atoms with E-state index < -0.39 is 0 Å². The second-order valence-corrected chi connectivity index (χ2v) is 2.65. The lowest BCUT2D eigenvalue weighted by Gasteiger charge is -2.10. The van der Waals surface area contributed by atoms with E-state index in [0.717, 1.165) is 19.6 Å². The van der Waals surface area contributed by atoms with Crippen molar-refractivity contribution in [2.45, 2.75) is 26.2 Å². The van der Waals surface area contributed by atoms with Gasteiger partial charge in [-0.15, -0.1) is 0 Å². The van der Waals surface area contributed by atoms with Crippen LogP contribution in [0.4, 0.5) is 0 Å². The lowest BCUT2D eigenvalue weighted by Crippen LogP contribution is -2.13. The van der Waals surface area contributed by atoms with E-state index in [-0.39, 0.29) is 0 Å². The molecule has 0 aromatic rings. The summed E-state index contributed by atoms with van der Waals surface area (Å²) in [5.41, 5.74) is 5.52. The third-order valence-corrected chi connectivity index (χ3v) is 1.87. The second-order valence-electron chi connectivity index (χ2n) is 2.65. The van der Waals surface area contributed by atoms with Gasteiger partial charge in [0.15, 0.2) is 0 Å². The zero-order valence-corrected chi connectivity index (χ0v) is 7.10. The highest BCUT2D eigenvalue weighted by Gasteiger charge is 2.01. The average molecular weight is 145 g/mol. The van der Waals surface area contributed by atoms with Crippen molar-refractivity contribution in [1.82, 2.24) is 0 Å². The minimum atomic E-state index is 0.704. The summed E-state index contributed by atoms with van der Waals surface area (Å²) in [5, 5.41) is 0. The van der Waals surface area contributed by atoms with E-state index in [1.807, 2.05) is 0 Å². The molecule has 0 aliphatic rings. The Kier molecular flexibility index (Phi) is 6.98. The van der Waals surface area contributed by atoms with Crippen LogP contribution in [0.25, 0.3) is 0 Å². The first kappa shape index (κ1) is 9.92. The first-order chi connectivity index (χ1) is 4.85. The van der Waals surface area contributed by atoms with Crippen LogP contribution in [0.2, 0.25) is 0 Å². The van der Waals surface area contributed by atoms with Crippen molar-refractivity contribution in [1.29, 1.82) is 0 Å². The Hall–Kier alpha value is -0.0800. The minimum Gasteiger partial charge on any atom is -0.385 e. The standard InChI is InChI=1S/C8H19NO/c1-3-8(7-9)5-4-6-10-2/h8H,3-7,9H2,1-2H3. The highest BCUT2D eigenvalue weighted by atomic mass is 16.5. The Morgan fingerprint density at radius 2 is 2.20 bits per heavy atom. The van der Waals surface area contributed by atoms with Crippen LogP contribution in [-0.4, -0.2) is 20.3 Å². The van der Waals surface area contributed by atoms with Crippen LogP contribution >= 0.6 is 0 Å². The molecule has 62 valence electrons. The van der Waals surface area contributed by atoms with Crippen LogP contribution in [-0.2, 0) is 4.74 Å². The number of hydrogen-bond acceptors (Lipinski definition) is 2. The molecule has 2 N–H and O–H groups in total. The zero-order valence-electron chi connectivity index (χ0n) is 7.10. The third-order valence-electron chi connectivity index (χ3n) is 1.87. The van der Waals surface area contributed by atoms with Crippen molar-refractivity contribution < 1.29 is 4.74 Å². The molecular weight excluding hydrogens is 126 g/mol. The molecule has 0 fully saturated rings. The maximum atomic E-state index is 5.52. The summed E-state index contributed by atoms with van der Waals surface area (Å²) < 4.78 is 4.94. The fourth-order valence-corrected chi connectivity index (χ4v) is 1.00. The van der Waals surface area contributed by atoms with E-state index >= 15 is 0 Å². The average Bonchev–Trinajstić information content (AvgIpc) is 1.99. The van der Waals surface area contributed by atoms with Gasteiger partial charge in [0.25, 0.3) is 0 Å². The quantitative estimate of drug-likeness (QED) is 0.573. The molecule has 0 heterocycles. The Morgan fingerprint density at radius 1 is 1.50 bits per heavy atom. The van der Waals surface area contributed by atoms with Crippen molar-refractivity contribution in [3.05, 3.63) is 0 Å². The van der Waals surface area contributed by atoms with Crippen molar-refractivity contribution in [3.8, 4) is 0 Å². The van der Waals surface area contributed by atoms with Gasteiger partial charge in [0.2, 0.25) is 0 Å².